The summed E-state index contributed by atoms with van der Waals surface area (Å²) in [6.07, 6.45) is 1.21. The highest BCUT2D eigenvalue weighted by molar-refractivity contribution is 6.33. The Hall–Kier alpha value is -1.81. The third-order valence-electron chi connectivity index (χ3n) is 2.36. The molecule has 0 unspecified atom stereocenters. The van der Waals surface area contributed by atoms with Gasteiger partial charge in [-0.3, -0.25) is 14.6 Å². The first-order valence-corrected chi connectivity index (χ1v) is 4.54. The molecule has 0 spiro atoms. The van der Waals surface area contributed by atoms with Crippen LogP contribution in [0, 0.1) is 5.92 Å². The molecule has 0 aliphatic heterocycles. The Bertz CT molecular complexity index is 416. The Balaban J connectivity index is 2.41. The number of rotatable bonds is 2. The minimum atomic E-state index is -0.852. The molecule has 0 radical (unpaired) electrons. The minimum absolute atomic E-state index is 0.243. The number of carbonyl (C=O) groups excluding carboxylic acids is 2. The van der Waals surface area contributed by atoms with Crippen LogP contribution in [0.5, 0.6) is 0 Å². The van der Waals surface area contributed by atoms with Crippen molar-refractivity contribution in [2.24, 2.45) is 10.9 Å². The molecule has 0 fully saturated rings. The molecule has 0 heterocycles. The number of Topliss-reactive ketones (excluding diaryl/α,β-unsaturated/α-hetero) is 2. The van der Waals surface area contributed by atoms with E-state index >= 15 is 0 Å². The first-order valence-electron chi connectivity index (χ1n) is 4.54. The highest BCUT2D eigenvalue weighted by atomic mass is 16.3. The van der Waals surface area contributed by atoms with Crippen molar-refractivity contribution in [3.05, 3.63) is 35.4 Å². The van der Waals surface area contributed by atoms with Crippen molar-refractivity contribution in [3.8, 4) is 0 Å². The molecule has 0 aromatic heterocycles. The van der Waals surface area contributed by atoms with Crippen molar-refractivity contribution < 1.29 is 14.7 Å². The van der Waals surface area contributed by atoms with Gasteiger partial charge in [-0.15, -0.1) is 0 Å². The Labute approximate surface area is 86.3 Å². The molecule has 4 heteroatoms. The largest absolute Gasteiger partial charge is 0.375 e. The number of aliphatic hydroxyl groups is 1. The second-order valence-electron chi connectivity index (χ2n) is 3.22. The van der Waals surface area contributed by atoms with Crippen molar-refractivity contribution in [3.63, 3.8) is 0 Å². The lowest BCUT2D eigenvalue weighted by atomic mass is 10.1. The molecule has 0 saturated heterocycles. The van der Waals surface area contributed by atoms with Crippen LogP contribution in [-0.4, -0.2) is 29.6 Å². The summed E-state index contributed by atoms with van der Waals surface area (Å²) in [7, 11) is 0. The van der Waals surface area contributed by atoms with Crippen molar-refractivity contribution in [1.29, 1.82) is 0 Å². The van der Waals surface area contributed by atoms with E-state index in [1.54, 1.807) is 24.3 Å². The van der Waals surface area contributed by atoms with Gasteiger partial charge in [0.05, 0.1) is 0 Å². The van der Waals surface area contributed by atoms with Gasteiger partial charge in [0.2, 0.25) is 0 Å². The summed E-state index contributed by atoms with van der Waals surface area (Å²) in [6.45, 7) is -0.409. The Morgan fingerprint density at radius 1 is 1.20 bits per heavy atom. The lowest BCUT2D eigenvalue weighted by Crippen LogP contribution is -2.16. The van der Waals surface area contributed by atoms with E-state index in [9.17, 15) is 9.59 Å². The average Bonchev–Trinajstić information content (AvgIpc) is 2.51. The maximum absolute atomic E-state index is 11.7. The van der Waals surface area contributed by atoms with Crippen LogP contribution in [0.4, 0.5) is 0 Å². The van der Waals surface area contributed by atoms with Crippen LogP contribution in [-0.2, 0) is 0 Å². The molecule has 1 aliphatic carbocycles. The van der Waals surface area contributed by atoms with E-state index in [1.165, 1.54) is 6.21 Å². The molecule has 1 aromatic rings. The Morgan fingerprint density at radius 3 is 2.20 bits per heavy atom. The van der Waals surface area contributed by atoms with E-state index in [4.69, 9.17) is 5.11 Å². The van der Waals surface area contributed by atoms with Gasteiger partial charge in [-0.05, 0) is 0 Å². The molecule has 0 amide bonds. The second kappa shape index (κ2) is 3.74. The predicted molar refractivity (Wildman–Crippen MR) is 54.2 cm³/mol. The number of hydrogen-bond donors (Lipinski definition) is 1. The third kappa shape index (κ3) is 1.49. The summed E-state index contributed by atoms with van der Waals surface area (Å²) in [5, 5.41) is 8.50. The zero-order valence-electron chi connectivity index (χ0n) is 7.88. The zero-order chi connectivity index (χ0) is 10.8. The summed E-state index contributed by atoms with van der Waals surface area (Å²) < 4.78 is 0. The summed E-state index contributed by atoms with van der Waals surface area (Å²) in [4.78, 5) is 27.0. The van der Waals surface area contributed by atoms with Crippen molar-refractivity contribution in [2.75, 3.05) is 6.73 Å². The standard InChI is InChI=1S/C11H9NO3/c13-6-12-5-9-10(14)7-3-1-2-4-8(7)11(9)15/h1-5,9,13H,6H2/b12-5+. The molecule has 4 nitrogen and oxygen atoms in total. The smallest absolute Gasteiger partial charge is 0.179 e. The van der Waals surface area contributed by atoms with E-state index < -0.39 is 12.6 Å². The molecular weight excluding hydrogens is 194 g/mol. The van der Waals surface area contributed by atoms with Crippen LogP contribution >= 0.6 is 0 Å². The summed E-state index contributed by atoms with van der Waals surface area (Å²) in [5.74, 6) is -1.34. The SMILES string of the molecule is O=C1c2ccccc2C(=O)C1/C=N/CO. The summed E-state index contributed by atoms with van der Waals surface area (Å²) in [5.41, 5.74) is 0.883. The fourth-order valence-corrected chi connectivity index (χ4v) is 1.65. The summed E-state index contributed by atoms with van der Waals surface area (Å²) in [6, 6.07) is 6.69. The van der Waals surface area contributed by atoms with Crippen LogP contribution in [0.25, 0.3) is 0 Å². The molecule has 0 bridgehead atoms. The lowest BCUT2D eigenvalue weighted by Gasteiger charge is -1.96. The predicted octanol–water partition coefficient (Wildman–Crippen LogP) is 0.702. The van der Waals surface area contributed by atoms with Gasteiger partial charge in [0.1, 0.15) is 12.6 Å². The maximum atomic E-state index is 11.7. The minimum Gasteiger partial charge on any atom is -0.375 e. The lowest BCUT2D eigenvalue weighted by molar-refractivity contribution is 0.0886. The van der Waals surface area contributed by atoms with E-state index in [0.29, 0.717) is 11.1 Å². The number of aliphatic hydroxyl groups excluding tert-OH is 1. The van der Waals surface area contributed by atoms with E-state index in [0.717, 1.165) is 0 Å². The number of carbonyl (C=O) groups is 2. The molecule has 15 heavy (non-hydrogen) atoms. The molecule has 2 rings (SSSR count). The van der Waals surface area contributed by atoms with Crippen LogP contribution in [0.2, 0.25) is 0 Å². The van der Waals surface area contributed by atoms with Crippen molar-refractivity contribution >= 4 is 17.8 Å². The molecule has 76 valence electrons. The van der Waals surface area contributed by atoms with Gasteiger partial charge in [0.15, 0.2) is 11.6 Å². The van der Waals surface area contributed by atoms with Gasteiger partial charge in [0.25, 0.3) is 0 Å². The number of fused-ring (bicyclic) bond motifs is 1. The topological polar surface area (TPSA) is 66.7 Å². The Morgan fingerprint density at radius 2 is 1.73 bits per heavy atom. The number of aliphatic imine (C=N–C) groups is 1. The monoisotopic (exact) mass is 203 g/mol. The van der Waals surface area contributed by atoms with E-state index in [-0.39, 0.29) is 11.6 Å². The van der Waals surface area contributed by atoms with E-state index in [1.807, 2.05) is 0 Å². The van der Waals surface area contributed by atoms with Gasteiger partial charge in [-0.1, -0.05) is 24.3 Å². The van der Waals surface area contributed by atoms with Crippen LogP contribution in [0.3, 0.4) is 0 Å². The third-order valence-corrected chi connectivity index (χ3v) is 2.36. The highest BCUT2D eigenvalue weighted by Crippen LogP contribution is 2.25. The first kappa shape index (κ1) is 9.73. The maximum Gasteiger partial charge on any atom is 0.179 e. The summed E-state index contributed by atoms with van der Waals surface area (Å²) >= 11 is 0. The molecule has 1 aromatic carbocycles. The van der Waals surface area contributed by atoms with Gasteiger partial charge in [0, 0.05) is 17.3 Å². The van der Waals surface area contributed by atoms with Crippen LogP contribution in [0.15, 0.2) is 29.3 Å². The van der Waals surface area contributed by atoms with Gasteiger partial charge >= 0.3 is 0 Å². The molecule has 0 saturated carbocycles. The number of ketones is 2. The molecular formula is C11H9NO3. The van der Waals surface area contributed by atoms with Gasteiger partial charge < -0.3 is 5.11 Å². The molecule has 1 N–H and O–H groups in total. The molecule has 0 atom stereocenters. The van der Waals surface area contributed by atoms with Crippen LogP contribution < -0.4 is 0 Å². The van der Waals surface area contributed by atoms with Crippen molar-refractivity contribution in [1.82, 2.24) is 0 Å². The number of hydrogen-bond acceptors (Lipinski definition) is 4. The van der Waals surface area contributed by atoms with Crippen LogP contribution in [0.1, 0.15) is 20.7 Å². The quantitative estimate of drug-likeness (QED) is 0.568. The fourth-order valence-electron chi connectivity index (χ4n) is 1.65. The van der Waals surface area contributed by atoms with Crippen molar-refractivity contribution in [2.45, 2.75) is 0 Å². The van der Waals surface area contributed by atoms with Gasteiger partial charge in [-0.25, -0.2) is 0 Å². The molecule has 1 aliphatic rings. The number of nitrogens with zero attached hydrogens (tertiary/aromatic N) is 1. The average molecular weight is 203 g/mol. The Kier molecular flexibility index (Phi) is 2.43. The highest BCUT2D eigenvalue weighted by Gasteiger charge is 2.36. The van der Waals surface area contributed by atoms with Gasteiger partial charge in [-0.2, -0.15) is 0 Å². The number of benzene rings is 1. The second-order valence-corrected chi connectivity index (χ2v) is 3.22. The zero-order valence-corrected chi connectivity index (χ0v) is 7.88. The first-order chi connectivity index (χ1) is 7.25. The fraction of sp³-hybridized carbons (Fsp3) is 0.182. The normalized spacial score (nSPS) is 16.3. The van der Waals surface area contributed by atoms with E-state index in [2.05, 4.69) is 4.99 Å².